The molecular formula is C10H7N3O4S. The summed E-state index contributed by atoms with van der Waals surface area (Å²) in [5, 5.41) is 21.0. The number of hydrogen-bond acceptors (Lipinski definition) is 6. The van der Waals surface area contributed by atoms with Crippen LogP contribution in [0.4, 0.5) is 16.4 Å². The summed E-state index contributed by atoms with van der Waals surface area (Å²) in [6.45, 7) is 0. The van der Waals surface area contributed by atoms with Crippen LogP contribution in [0.1, 0.15) is 0 Å². The zero-order valence-electron chi connectivity index (χ0n) is 8.90. The number of nitro benzene ring substituents is 1. The Bertz CT molecular complexity index is 621. The molecule has 0 aliphatic carbocycles. The molecule has 0 unspecified atom stereocenters. The highest BCUT2D eigenvalue weighted by molar-refractivity contribution is 7.19. The van der Waals surface area contributed by atoms with Crippen molar-refractivity contribution in [2.24, 2.45) is 0 Å². The standard InChI is InChI=1S/C10H7N3O4S/c11-8-5-9(18-10(8)13(16)17)6-1-3-7(4-2-6)12(14)15/h1-5H,11H2. The molecule has 1 aromatic heterocycles. The maximum atomic E-state index is 10.7. The van der Waals surface area contributed by atoms with Crippen LogP contribution in [-0.4, -0.2) is 9.85 Å². The third kappa shape index (κ3) is 2.13. The maximum Gasteiger partial charge on any atom is 0.347 e. The highest BCUT2D eigenvalue weighted by Gasteiger charge is 2.17. The molecule has 2 N–H and O–H groups in total. The van der Waals surface area contributed by atoms with Crippen LogP contribution < -0.4 is 5.73 Å². The summed E-state index contributed by atoms with van der Waals surface area (Å²) in [5.74, 6) is 0. The zero-order valence-corrected chi connectivity index (χ0v) is 9.72. The minimum absolute atomic E-state index is 0.0298. The molecule has 0 spiro atoms. The summed E-state index contributed by atoms with van der Waals surface area (Å²) in [4.78, 5) is 20.7. The van der Waals surface area contributed by atoms with Gasteiger partial charge in [0.25, 0.3) is 5.69 Å². The molecular weight excluding hydrogens is 258 g/mol. The predicted octanol–water partition coefficient (Wildman–Crippen LogP) is 2.81. The Labute approximate surface area is 105 Å². The lowest BCUT2D eigenvalue weighted by Crippen LogP contribution is -1.89. The summed E-state index contributed by atoms with van der Waals surface area (Å²) >= 11 is 0.941. The van der Waals surface area contributed by atoms with Crippen molar-refractivity contribution in [1.82, 2.24) is 0 Å². The number of non-ortho nitro benzene ring substituents is 1. The minimum Gasteiger partial charge on any atom is -0.392 e. The van der Waals surface area contributed by atoms with Gasteiger partial charge >= 0.3 is 5.00 Å². The quantitative estimate of drug-likeness (QED) is 0.677. The number of nitrogens with two attached hydrogens (primary N) is 1. The van der Waals surface area contributed by atoms with Gasteiger partial charge in [-0.1, -0.05) is 11.3 Å². The highest BCUT2D eigenvalue weighted by Crippen LogP contribution is 2.38. The largest absolute Gasteiger partial charge is 0.392 e. The molecule has 7 nitrogen and oxygen atoms in total. The minimum atomic E-state index is -0.547. The van der Waals surface area contributed by atoms with Crippen molar-refractivity contribution in [3.63, 3.8) is 0 Å². The van der Waals surface area contributed by atoms with E-state index < -0.39 is 9.85 Å². The zero-order chi connectivity index (χ0) is 13.3. The Kier molecular flexibility index (Phi) is 2.94. The molecule has 1 heterocycles. The molecule has 0 bridgehead atoms. The number of rotatable bonds is 3. The highest BCUT2D eigenvalue weighted by atomic mass is 32.1. The third-order valence-electron chi connectivity index (χ3n) is 2.27. The first kappa shape index (κ1) is 12.0. The molecule has 8 heteroatoms. The predicted molar refractivity (Wildman–Crippen MR) is 67.5 cm³/mol. The molecule has 0 atom stereocenters. The van der Waals surface area contributed by atoms with E-state index in [-0.39, 0.29) is 16.4 Å². The number of nitro groups is 2. The van der Waals surface area contributed by atoms with Crippen LogP contribution >= 0.6 is 11.3 Å². The third-order valence-corrected chi connectivity index (χ3v) is 3.42. The first-order valence-electron chi connectivity index (χ1n) is 4.77. The van der Waals surface area contributed by atoms with Crippen LogP contribution in [0, 0.1) is 20.2 Å². The van der Waals surface area contributed by atoms with Gasteiger partial charge in [0.2, 0.25) is 0 Å². The van der Waals surface area contributed by atoms with Gasteiger partial charge in [0.05, 0.1) is 9.85 Å². The van der Waals surface area contributed by atoms with Gasteiger partial charge in [-0.25, -0.2) is 0 Å². The monoisotopic (exact) mass is 265 g/mol. The molecule has 1 aromatic carbocycles. The number of nitrogen functional groups attached to an aromatic ring is 1. The van der Waals surface area contributed by atoms with E-state index in [0.717, 1.165) is 11.3 Å². The van der Waals surface area contributed by atoms with E-state index in [0.29, 0.717) is 10.4 Å². The first-order valence-corrected chi connectivity index (χ1v) is 5.59. The summed E-state index contributed by atoms with van der Waals surface area (Å²) in [5.41, 5.74) is 6.24. The van der Waals surface area contributed by atoms with Crippen molar-refractivity contribution in [2.75, 3.05) is 5.73 Å². The van der Waals surface area contributed by atoms with Gasteiger partial charge in [-0.2, -0.15) is 0 Å². The molecule has 0 saturated carbocycles. The van der Waals surface area contributed by atoms with E-state index in [1.54, 1.807) is 0 Å². The van der Waals surface area contributed by atoms with Crippen LogP contribution in [0.5, 0.6) is 0 Å². The lowest BCUT2D eigenvalue weighted by atomic mass is 10.2. The fourth-order valence-electron chi connectivity index (χ4n) is 1.43. The molecule has 18 heavy (non-hydrogen) atoms. The second kappa shape index (κ2) is 4.41. The van der Waals surface area contributed by atoms with E-state index in [2.05, 4.69) is 0 Å². The van der Waals surface area contributed by atoms with Crippen molar-refractivity contribution in [3.05, 3.63) is 50.6 Å². The van der Waals surface area contributed by atoms with Gasteiger partial charge in [0.1, 0.15) is 5.69 Å². The van der Waals surface area contributed by atoms with Gasteiger partial charge < -0.3 is 5.73 Å². The number of hydrogen-bond donors (Lipinski definition) is 1. The molecule has 0 radical (unpaired) electrons. The van der Waals surface area contributed by atoms with E-state index in [4.69, 9.17) is 5.73 Å². The SMILES string of the molecule is Nc1cc(-c2ccc([N+](=O)[O-])cc2)sc1[N+](=O)[O-]. The van der Waals surface area contributed by atoms with Gasteiger partial charge in [-0.15, -0.1) is 0 Å². The van der Waals surface area contributed by atoms with E-state index in [9.17, 15) is 20.2 Å². The summed E-state index contributed by atoms with van der Waals surface area (Å²) < 4.78 is 0. The number of nitrogens with zero attached hydrogens (tertiary/aromatic N) is 2. The summed E-state index contributed by atoms with van der Waals surface area (Å²) in [6, 6.07) is 7.25. The molecule has 0 fully saturated rings. The molecule has 2 aromatic rings. The maximum absolute atomic E-state index is 10.7. The fraction of sp³-hybridized carbons (Fsp3) is 0. The lowest BCUT2D eigenvalue weighted by Gasteiger charge is -1.95. The Hall–Kier alpha value is -2.48. The van der Waals surface area contributed by atoms with Crippen LogP contribution in [0.15, 0.2) is 30.3 Å². The average Bonchev–Trinajstić information content (AvgIpc) is 2.71. The normalized spacial score (nSPS) is 10.2. The van der Waals surface area contributed by atoms with Crippen LogP contribution in [0.25, 0.3) is 10.4 Å². The molecule has 2 rings (SSSR count). The molecule has 92 valence electrons. The molecule has 0 aliphatic heterocycles. The van der Waals surface area contributed by atoms with Gasteiger partial charge in [-0.05, 0) is 23.8 Å². The topological polar surface area (TPSA) is 112 Å². The van der Waals surface area contributed by atoms with Crippen molar-refractivity contribution in [3.8, 4) is 10.4 Å². The van der Waals surface area contributed by atoms with Gasteiger partial charge in [-0.3, -0.25) is 20.2 Å². The van der Waals surface area contributed by atoms with Crippen molar-refractivity contribution >= 4 is 27.7 Å². The Morgan fingerprint density at radius 1 is 1.06 bits per heavy atom. The average molecular weight is 265 g/mol. The Morgan fingerprint density at radius 2 is 1.67 bits per heavy atom. The number of benzene rings is 1. The van der Waals surface area contributed by atoms with Gasteiger partial charge in [0.15, 0.2) is 0 Å². The van der Waals surface area contributed by atoms with E-state index in [1.807, 2.05) is 0 Å². The first-order chi connectivity index (χ1) is 8.49. The van der Waals surface area contributed by atoms with E-state index in [1.165, 1.54) is 30.3 Å². The Balaban J connectivity index is 2.40. The number of anilines is 1. The van der Waals surface area contributed by atoms with Crippen LogP contribution in [-0.2, 0) is 0 Å². The van der Waals surface area contributed by atoms with Crippen molar-refractivity contribution in [1.29, 1.82) is 0 Å². The summed E-state index contributed by atoms with van der Waals surface area (Å²) in [7, 11) is 0. The van der Waals surface area contributed by atoms with Crippen molar-refractivity contribution in [2.45, 2.75) is 0 Å². The molecule has 0 aliphatic rings. The second-order valence-electron chi connectivity index (χ2n) is 3.43. The van der Waals surface area contributed by atoms with Gasteiger partial charge in [0, 0.05) is 17.0 Å². The Morgan fingerprint density at radius 3 is 2.11 bits per heavy atom. The second-order valence-corrected chi connectivity index (χ2v) is 4.46. The lowest BCUT2D eigenvalue weighted by molar-refractivity contribution is -0.384. The van der Waals surface area contributed by atoms with Crippen LogP contribution in [0.3, 0.4) is 0 Å². The van der Waals surface area contributed by atoms with Crippen LogP contribution in [0.2, 0.25) is 0 Å². The molecule has 0 saturated heterocycles. The van der Waals surface area contributed by atoms with Crippen molar-refractivity contribution < 1.29 is 9.85 Å². The molecule has 0 amide bonds. The van der Waals surface area contributed by atoms with E-state index >= 15 is 0 Å². The smallest absolute Gasteiger partial charge is 0.347 e. The summed E-state index contributed by atoms with van der Waals surface area (Å²) in [6.07, 6.45) is 0. The fourth-order valence-corrected chi connectivity index (χ4v) is 2.33. The number of thiophene rings is 1.